The molecular formula is C15H24FN3O. The summed E-state index contributed by atoms with van der Waals surface area (Å²) in [5.74, 6) is -0.373. The smallest absolute Gasteiger partial charge is 0.141 e. The van der Waals surface area contributed by atoms with Gasteiger partial charge in [-0.25, -0.2) is 4.39 Å². The molecule has 0 aliphatic carbocycles. The zero-order chi connectivity index (χ0) is 14.5. The number of hydrogen-bond donors (Lipinski definition) is 1. The molecule has 1 aliphatic rings. The van der Waals surface area contributed by atoms with Crippen LogP contribution in [0.3, 0.4) is 0 Å². The molecule has 0 bridgehead atoms. The van der Waals surface area contributed by atoms with E-state index in [2.05, 4.69) is 28.9 Å². The molecule has 20 heavy (non-hydrogen) atoms. The standard InChI is InChI=1S/C15H24FN3O/c1-18(11-13-4-3-8-19(13)2)9-7-15(20)14-6-5-12(16)10-17-14/h5-6,10,13,15,20H,3-4,7-9,11H2,1-2H3. The van der Waals surface area contributed by atoms with Gasteiger partial charge >= 0.3 is 0 Å². The summed E-state index contributed by atoms with van der Waals surface area (Å²) in [6.07, 6.45) is 3.67. The van der Waals surface area contributed by atoms with Gasteiger partial charge in [0.1, 0.15) is 5.82 Å². The zero-order valence-corrected chi connectivity index (χ0v) is 12.3. The highest BCUT2D eigenvalue weighted by atomic mass is 19.1. The van der Waals surface area contributed by atoms with Crippen molar-refractivity contribution in [3.8, 4) is 0 Å². The molecule has 1 aromatic heterocycles. The summed E-state index contributed by atoms with van der Waals surface area (Å²) in [7, 11) is 4.25. The molecule has 4 nitrogen and oxygen atoms in total. The van der Waals surface area contributed by atoms with Crippen molar-refractivity contribution in [3.05, 3.63) is 29.8 Å². The number of aliphatic hydroxyl groups excluding tert-OH is 1. The maximum absolute atomic E-state index is 12.8. The van der Waals surface area contributed by atoms with Crippen LogP contribution >= 0.6 is 0 Å². The second kappa shape index (κ2) is 7.11. The van der Waals surface area contributed by atoms with Crippen LogP contribution in [0.1, 0.15) is 31.1 Å². The Morgan fingerprint density at radius 3 is 2.95 bits per heavy atom. The number of halogens is 1. The molecule has 0 spiro atoms. The summed E-state index contributed by atoms with van der Waals surface area (Å²) in [6.45, 7) is 3.02. The predicted octanol–water partition coefficient (Wildman–Crippen LogP) is 1.67. The van der Waals surface area contributed by atoms with Crippen LogP contribution < -0.4 is 0 Å². The molecule has 1 N–H and O–H groups in total. The van der Waals surface area contributed by atoms with E-state index < -0.39 is 6.10 Å². The topological polar surface area (TPSA) is 39.6 Å². The summed E-state index contributed by atoms with van der Waals surface area (Å²) in [5, 5.41) is 10.1. The van der Waals surface area contributed by atoms with Crippen LogP contribution in [0.15, 0.2) is 18.3 Å². The van der Waals surface area contributed by atoms with Crippen LogP contribution in [0.25, 0.3) is 0 Å². The Hall–Kier alpha value is -1.04. The molecule has 2 rings (SSSR count). The number of pyridine rings is 1. The van der Waals surface area contributed by atoms with E-state index in [0.717, 1.165) is 19.3 Å². The first-order chi connectivity index (χ1) is 9.56. The number of hydrogen-bond acceptors (Lipinski definition) is 4. The highest BCUT2D eigenvalue weighted by Gasteiger charge is 2.22. The number of nitrogens with zero attached hydrogens (tertiary/aromatic N) is 3. The Labute approximate surface area is 120 Å². The van der Waals surface area contributed by atoms with E-state index in [1.807, 2.05) is 0 Å². The number of likely N-dealkylation sites (tertiary alicyclic amines) is 1. The van der Waals surface area contributed by atoms with E-state index >= 15 is 0 Å². The van der Waals surface area contributed by atoms with Gasteiger partial charge in [0.15, 0.2) is 0 Å². The molecule has 0 saturated carbocycles. The van der Waals surface area contributed by atoms with Crippen molar-refractivity contribution in [1.29, 1.82) is 0 Å². The molecule has 1 fully saturated rings. The number of aromatic nitrogens is 1. The Kier molecular flexibility index (Phi) is 5.46. The third-order valence-corrected chi connectivity index (χ3v) is 4.07. The molecule has 0 amide bonds. The maximum atomic E-state index is 12.8. The second-order valence-corrected chi connectivity index (χ2v) is 5.74. The van der Waals surface area contributed by atoms with Crippen molar-refractivity contribution < 1.29 is 9.50 Å². The highest BCUT2D eigenvalue weighted by molar-refractivity contribution is 5.07. The van der Waals surface area contributed by atoms with Crippen molar-refractivity contribution >= 4 is 0 Å². The molecule has 1 saturated heterocycles. The largest absolute Gasteiger partial charge is 0.387 e. The van der Waals surface area contributed by atoms with E-state index in [1.165, 1.54) is 25.5 Å². The van der Waals surface area contributed by atoms with Gasteiger partial charge in [0, 0.05) is 19.1 Å². The zero-order valence-electron chi connectivity index (χ0n) is 12.3. The fourth-order valence-electron chi connectivity index (χ4n) is 2.74. The number of aliphatic hydroxyl groups is 1. The summed E-state index contributed by atoms with van der Waals surface area (Å²) < 4.78 is 12.8. The lowest BCUT2D eigenvalue weighted by molar-refractivity contribution is 0.136. The van der Waals surface area contributed by atoms with Crippen LogP contribution in [0.5, 0.6) is 0 Å². The summed E-state index contributed by atoms with van der Waals surface area (Å²) in [4.78, 5) is 8.57. The average molecular weight is 281 g/mol. The molecule has 0 aromatic carbocycles. The minimum atomic E-state index is -0.626. The van der Waals surface area contributed by atoms with Crippen LogP contribution in [-0.4, -0.2) is 59.7 Å². The van der Waals surface area contributed by atoms with E-state index in [9.17, 15) is 9.50 Å². The highest BCUT2D eigenvalue weighted by Crippen LogP contribution is 2.17. The fraction of sp³-hybridized carbons (Fsp3) is 0.667. The molecule has 2 unspecified atom stereocenters. The first kappa shape index (κ1) is 15.4. The van der Waals surface area contributed by atoms with Gasteiger partial charge in [-0.2, -0.15) is 0 Å². The van der Waals surface area contributed by atoms with Gasteiger partial charge in [-0.1, -0.05) is 0 Å². The minimum absolute atomic E-state index is 0.373. The minimum Gasteiger partial charge on any atom is -0.387 e. The third kappa shape index (κ3) is 4.23. The Bertz CT molecular complexity index is 412. The van der Waals surface area contributed by atoms with Gasteiger partial charge < -0.3 is 14.9 Å². The van der Waals surface area contributed by atoms with E-state index in [-0.39, 0.29) is 5.82 Å². The molecule has 0 radical (unpaired) electrons. The van der Waals surface area contributed by atoms with Gasteiger partial charge in [-0.15, -0.1) is 0 Å². The van der Waals surface area contributed by atoms with E-state index in [0.29, 0.717) is 18.2 Å². The summed E-state index contributed by atoms with van der Waals surface area (Å²) in [5.41, 5.74) is 0.540. The molecule has 5 heteroatoms. The second-order valence-electron chi connectivity index (χ2n) is 5.74. The third-order valence-electron chi connectivity index (χ3n) is 4.07. The lowest BCUT2D eigenvalue weighted by atomic mass is 10.1. The first-order valence-electron chi connectivity index (χ1n) is 7.24. The molecular weight excluding hydrogens is 257 g/mol. The Balaban J connectivity index is 1.75. The Morgan fingerprint density at radius 1 is 1.55 bits per heavy atom. The van der Waals surface area contributed by atoms with Crippen molar-refractivity contribution in [1.82, 2.24) is 14.8 Å². The number of likely N-dealkylation sites (N-methyl/N-ethyl adjacent to an activating group) is 2. The molecule has 2 heterocycles. The van der Waals surface area contributed by atoms with Crippen molar-refractivity contribution in [3.63, 3.8) is 0 Å². The van der Waals surface area contributed by atoms with Crippen LogP contribution in [0.4, 0.5) is 4.39 Å². The van der Waals surface area contributed by atoms with Crippen molar-refractivity contribution in [2.24, 2.45) is 0 Å². The lowest BCUT2D eigenvalue weighted by Gasteiger charge is -2.26. The average Bonchev–Trinajstić information content (AvgIpc) is 2.82. The first-order valence-corrected chi connectivity index (χ1v) is 7.24. The van der Waals surface area contributed by atoms with E-state index in [1.54, 1.807) is 6.07 Å². The van der Waals surface area contributed by atoms with Gasteiger partial charge in [0.05, 0.1) is 18.0 Å². The molecule has 1 aromatic rings. The Morgan fingerprint density at radius 2 is 2.35 bits per heavy atom. The van der Waals surface area contributed by atoms with Gasteiger partial charge in [-0.05, 0) is 52.0 Å². The van der Waals surface area contributed by atoms with Crippen molar-refractivity contribution in [2.75, 3.05) is 33.7 Å². The monoisotopic (exact) mass is 281 g/mol. The van der Waals surface area contributed by atoms with Gasteiger partial charge in [0.25, 0.3) is 0 Å². The summed E-state index contributed by atoms with van der Waals surface area (Å²) >= 11 is 0. The fourth-order valence-corrected chi connectivity index (χ4v) is 2.74. The molecule has 1 aliphatic heterocycles. The maximum Gasteiger partial charge on any atom is 0.141 e. The van der Waals surface area contributed by atoms with Crippen molar-refractivity contribution in [2.45, 2.75) is 31.4 Å². The SMILES string of the molecule is CN(CCC(O)c1ccc(F)cn1)CC1CCCN1C. The normalized spacial score (nSPS) is 21.6. The lowest BCUT2D eigenvalue weighted by Crippen LogP contribution is -2.37. The number of rotatable bonds is 6. The molecule has 2 atom stereocenters. The van der Waals surface area contributed by atoms with Crippen LogP contribution in [-0.2, 0) is 0 Å². The van der Waals surface area contributed by atoms with Gasteiger partial charge in [0.2, 0.25) is 0 Å². The van der Waals surface area contributed by atoms with E-state index in [4.69, 9.17) is 0 Å². The van der Waals surface area contributed by atoms with Crippen LogP contribution in [0.2, 0.25) is 0 Å². The van der Waals surface area contributed by atoms with Crippen LogP contribution in [0, 0.1) is 5.82 Å². The quantitative estimate of drug-likeness (QED) is 0.861. The van der Waals surface area contributed by atoms with Gasteiger partial charge in [-0.3, -0.25) is 4.98 Å². The summed E-state index contributed by atoms with van der Waals surface area (Å²) in [6, 6.07) is 3.51. The molecule has 112 valence electrons. The predicted molar refractivity (Wildman–Crippen MR) is 76.9 cm³/mol.